The van der Waals surface area contributed by atoms with Gasteiger partial charge in [0, 0.05) is 13.2 Å². The molecule has 3 N–H and O–H groups in total. The number of nitrogens with one attached hydrogen (secondary N) is 2. The lowest BCUT2D eigenvalue weighted by molar-refractivity contribution is -0.123. The highest BCUT2D eigenvalue weighted by molar-refractivity contribution is 6.33. The van der Waals surface area contributed by atoms with Gasteiger partial charge in [-0.3, -0.25) is 9.59 Å². The largest absolute Gasteiger partial charge is 0.396 e. The van der Waals surface area contributed by atoms with Gasteiger partial charge in [-0.05, 0) is 24.5 Å². The first-order chi connectivity index (χ1) is 9.97. The summed E-state index contributed by atoms with van der Waals surface area (Å²) in [6, 6.07) is 6.04. The number of hydrogen-bond acceptors (Lipinski definition) is 3. The molecule has 0 bridgehead atoms. The van der Waals surface area contributed by atoms with Crippen molar-refractivity contribution in [3.8, 4) is 0 Å². The Morgan fingerprint density at radius 1 is 1.29 bits per heavy atom. The van der Waals surface area contributed by atoms with Crippen molar-refractivity contribution in [3.63, 3.8) is 0 Å². The molecular formula is C15H21ClN2O3. The summed E-state index contributed by atoms with van der Waals surface area (Å²) in [6.45, 7) is 4.09. The van der Waals surface area contributed by atoms with Gasteiger partial charge in [-0.2, -0.15) is 0 Å². The molecular weight excluding hydrogens is 292 g/mol. The van der Waals surface area contributed by atoms with Gasteiger partial charge in [-0.1, -0.05) is 37.6 Å². The van der Waals surface area contributed by atoms with Crippen LogP contribution in [0, 0.1) is 5.92 Å². The molecule has 2 amide bonds. The van der Waals surface area contributed by atoms with Gasteiger partial charge in [0.05, 0.1) is 10.6 Å². The highest BCUT2D eigenvalue weighted by atomic mass is 35.5. The summed E-state index contributed by atoms with van der Waals surface area (Å²) >= 11 is 5.97. The number of rotatable bonds is 7. The fourth-order valence-electron chi connectivity index (χ4n) is 1.80. The maximum atomic E-state index is 12.2. The predicted octanol–water partition coefficient (Wildman–Crippen LogP) is 1.59. The molecule has 0 spiro atoms. The predicted molar refractivity (Wildman–Crippen MR) is 82.3 cm³/mol. The zero-order chi connectivity index (χ0) is 15.8. The number of amides is 2. The van der Waals surface area contributed by atoms with E-state index in [0.717, 1.165) is 0 Å². The molecule has 1 aromatic rings. The molecule has 0 aromatic heterocycles. The summed E-state index contributed by atoms with van der Waals surface area (Å²) < 4.78 is 0. The van der Waals surface area contributed by atoms with Crippen LogP contribution in [0.5, 0.6) is 0 Å². The SMILES string of the molecule is CC(C)C(NC(=O)c1ccccc1Cl)C(=O)NCCCO. The first-order valence-electron chi connectivity index (χ1n) is 6.91. The van der Waals surface area contributed by atoms with Gasteiger partial charge in [0.1, 0.15) is 6.04 Å². The molecule has 1 aromatic carbocycles. The number of halogens is 1. The lowest BCUT2D eigenvalue weighted by atomic mass is 10.0. The maximum Gasteiger partial charge on any atom is 0.253 e. The molecule has 0 aliphatic rings. The van der Waals surface area contributed by atoms with Crippen LogP contribution >= 0.6 is 11.6 Å². The van der Waals surface area contributed by atoms with Gasteiger partial charge in [0.2, 0.25) is 5.91 Å². The van der Waals surface area contributed by atoms with E-state index < -0.39 is 6.04 Å². The summed E-state index contributed by atoms with van der Waals surface area (Å²) in [4.78, 5) is 24.3. The Morgan fingerprint density at radius 2 is 1.95 bits per heavy atom. The summed E-state index contributed by atoms with van der Waals surface area (Å²) in [5, 5.41) is 14.5. The minimum absolute atomic E-state index is 0.0125. The first-order valence-corrected chi connectivity index (χ1v) is 7.29. The van der Waals surface area contributed by atoms with Gasteiger partial charge in [-0.25, -0.2) is 0 Å². The van der Waals surface area contributed by atoms with E-state index in [2.05, 4.69) is 10.6 Å². The van der Waals surface area contributed by atoms with Crippen LogP contribution in [0.3, 0.4) is 0 Å². The number of hydrogen-bond donors (Lipinski definition) is 3. The lowest BCUT2D eigenvalue weighted by Gasteiger charge is -2.22. The van der Waals surface area contributed by atoms with E-state index in [-0.39, 0.29) is 24.3 Å². The second kappa shape index (κ2) is 8.64. The van der Waals surface area contributed by atoms with Crippen molar-refractivity contribution in [3.05, 3.63) is 34.9 Å². The van der Waals surface area contributed by atoms with E-state index in [1.165, 1.54) is 0 Å². The van der Waals surface area contributed by atoms with Crippen LogP contribution in [0.4, 0.5) is 0 Å². The standard InChI is InChI=1S/C15H21ClN2O3/c1-10(2)13(15(21)17-8-5-9-19)18-14(20)11-6-3-4-7-12(11)16/h3-4,6-7,10,13,19H,5,8-9H2,1-2H3,(H,17,21)(H,18,20). The molecule has 0 saturated carbocycles. The Kier molecular flexibility index (Phi) is 7.19. The van der Waals surface area contributed by atoms with Crippen molar-refractivity contribution in [1.29, 1.82) is 0 Å². The molecule has 5 nitrogen and oxygen atoms in total. The van der Waals surface area contributed by atoms with Crippen LogP contribution in [0.2, 0.25) is 5.02 Å². The number of carbonyl (C=O) groups excluding carboxylic acids is 2. The molecule has 21 heavy (non-hydrogen) atoms. The number of aliphatic hydroxyl groups excluding tert-OH is 1. The zero-order valence-corrected chi connectivity index (χ0v) is 13.0. The van der Waals surface area contributed by atoms with Crippen LogP contribution in [0.1, 0.15) is 30.6 Å². The number of benzene rings is 1. The normalized spacial score (nSPS) is 12.0. The lowest BCUT2D eigenvalue weighted by Crippen LogP contribution is -2.50. The Balaban J connectivity index is 2.72. The van der Waals surface area contributed by atoms with Crippen molar-refractivity contribution in [1.82, 2.24) is 10.6 Å². The van der Waals surface area contributed by atoms with Crippen LogP contribution in [0.25, 0.3) is 0 Å². The molecule has 0 saturated heterocycles. The third kappa shape index (κ3) is 5.36. The Morgan fingerprint density at radius 3 is 2.52 bits per heavy atom. The average molecular weight is 313 g/mol. The Labute approximate surface area is 129 Å². The quantitative estimate of drug-likeness (QED) is 0.669. The van der Waals surface area contributed by atoms with E-state index in [0.29, 0.717) is 23.6 Å². The second-order valence-corrected chi connectivity index (χ2v) is 5.45. The van der Waals surface area contributed by atoms with Crippen molar-refractivity contribution < 1.29 is 14.7 Å². The Bertz CT molecular complexity index is 492. The van der Waals surface area contributed by atoms with Crippen molar-refractivity contribution in [2.24, 2.45) is 5.92 Å². The molecule has 116 valence electrons. The highest BCUT2D eigenvalue weighted by Gasteiger charge is 2.24. The van der Waals surface area contributed by atoms with E-state index in [1.807, 2.05) is 13.8 Å². The summed E-state index contributed by atoms with van der Waals surface area (Å²) in [6.07, 6.45) is 0.481. The van der Waals surface area contributed by atoms with E-state index in [1.54, 1.807) is 24.3 Å². The third-order valence-corrected chi connectivity index (χ3v) is 3.32. The van der Waals surface area contributed by atoms with Gasteiger partial charge in [-0.15, -0.1) is 0 Å². The van der Waals surface area contributed by atoms with Crippen LogP contribution in [0.15, 0.2) is 24.3 Å². The minimum atomic E-state index is -0.646. The van der Waals surface area contributed by atoms with Crippen molar-refractivity contribution in [2.75, 3.05) is 13.2 Å². The van der Waals surface area contributed by atoms with Crippen molar-refractivity contribution >= 4 is 23.4 Å². The fourth-order valence-corrected chi connectivity index (χ4v) is 2.02. The highest BCUT2D eigenvalue weighted by Crippen LogP contribution is 2.15. The summed E-state index contributed by atoms with van der Waals surface area (Å²) in [7, 11) is 0. The van der Waals surface area contributed by atoms with E-state index in [9.17, 15) is 9.59 Å². The molecule has 0 heterocycles. The second-order valence-electron chi connectivity index (χ2n) is 5.04. The molecule has 1 rings (SSSR count). The molecule has 0 fully saturated rings. The van der Waals surface area contributed by atoms with Gasteiger partial charge in [0.25, 0.3) is 5.91 Å². The average Bonchev–Trinajstić information content (AvgIpc) is 2.44. The third-order valence-electron chi connectivity index (χ3n) is 2.99. The Hall–Kier alpha value is -1.59. The molecule has 0 radical (unpaired) electrons. The monoisotopic (exact) mass is 312 g/mol. The van der Waals surface area contributed by atoms with Gasteiger partial charge < -0.3 is 15.7 Å². The first kappa shape index (κ1) is 17.5. The smallest absolute Gasteiger partial charge is 0.253 e. The molecule has 1 unspecified atom stereocenters. The van der Waals surface area contributed by atoms with Crippen LogP contribution < -0.4 is 10.6 Å². The van der Waals surface area contributed by atoms with Crippen LogP contribution in [-0.2, 0) is 4.79 Å². The van der Waals surface area contributed by atoms with E-state index in [4.69, 9.17) is 16.7 Å². The molecule has 1 atom stereocenters. The molecule has 6 heteroatoms. The fraction of sp³-hybridized carbons (Fsp3) is 0.467. The molecule has 0 aliphatic carbocycles. The minimum Gasteiger partial charge on any atom is -0.396 e. The van der Waals surface area contributed by atoms with Crippen molar-refractivity contribution in [2.45, 2.75) is 26.3 Å². The van der Waals surface area contributed by atoms with E-state index >= 15 is 0 Å². The maximum absolute atomic E-state index is 12.2. The number of carbonyl (C=O) groups is 2. The van der Waals surface area contributed by atoms with Crippen LogP contribution in [-0.4, -0.2) is 36.1 Å². The summed E-state index contributed by atoms with van der Waals surface area (Å²) in [5.74, 6) is -0.707. The summed E-state index contributed by atoms with van der Waals surface area (Å²) in [5.41, 5.74) is 0.341. The van der Waals surface area contributed by atoms with Gasteiger partial charge >= 0.3 is 0 Å². The van der Waals surface area contributed by atoms with Gasteiger partial charge in [0.15, 0.2) is 0 Å². The zero-order valence-electron chi connectivity index (χ0n) is 12.2. The molecule has 0 aliphatic heterocycles. The topological polar surface area (TPSA) is 78.4 Å². The number of aliphatic hydroxyl groups is 1.